The molecule has 1 atom stereocenters. The largest absolute Gasteiger partial charge is 0.416 e. The number of nitrogens with zero attached hydrogens (tertiary/aromatic N) is 1. The lowest BCUT2D eigenvalue weighted by molar-refractivity contribution is -0.139. The summed E-state index contributed by atoms with van der Waals surface area (Å²) in [5.74, 6) is -0.280. The zero-order valence-electron chi connectivity index (χ0n) is 14.4. The second-order valence-electron chi connectivity index (χ2n) is 7.18. The highest BCUT2D eigenvalue weighted by Gasteiger charge is 2.36. The summed E-state index contributed by atoms with van der Waals surface area (Å²) in [5.41, 5.74) is -1.12. The van der Waals surface area contributed by atoms with Gasteiger partial charge in [0.2, 0.25) is 5.91 Å². The van der Waals surface area contributed by atoms with E-state index in [1.54, 1.807) is 0 Å². The van der Waals surface area contributed by atoms with Crippen LogP contribution in [0.4, 0.5) is 18.0 Å². The van der Waals surface area contributed by atoms with Crippen molar-refractivity contribution in [2.75, 3.05) is 6.54 Å². The van der Waals surface area contributed by atoms with Crippen LogP contribution in [0.1, 0.15) is 38.3 Å². The van der Waals surface area contributed by atoms with Crippen LogP contribution in [0.5, 0.6) is 0 Å². The summed E-state index contributed by atoms with van der Waals surface area (Å²) in [7, 11) is 0. The maximum Gasteiger partial charge on any atom is 0.416 e. The fourth-order valence-electron chi connectivity index (χ4n) is 2.72. The molecule has 8 heteroatoms. The number of rotatable bonds is 3. The number of carbonyl (C=O) groups is 2. The smallest absolute Gasteiger partial charge is 0.336 e. The van der Waals surface area contributed by atoms with Gasteiger partial charge in [-0.25, -0.2) is 4.79 Å². The Hall–Kier alpha value is -2.25. The van der Waals surface area contributed by atoms with Crippen molar-refractivity contribution in [3.8, 4) is 0 Å². The molecule has 0 saturated carbocycles. The van der Waals surface area contributed by atoms with Gasteiger partial charge in [-0.05, 0) is 32.4 Å². The molecule has 2 N–H and O–H groups in total. The lowest BCUT2D eigenvalue weighted by Crippen LogP contribution is -2.50. The third kappa shape index (κ3) is 5.37. The molecule has 1 fully saturated rings. The van der Waals surface area contributed by atoms with E-state index in [2.05, 4.69) is 10.6 Å². The lowest BCUT2D eigenvalue weighted by atomic mass is 10.1. The molecule has 0 unspecified atom stereocenters. The first kappa shape index (κ1) is 19.1. The molecule has 1 aromatic rings. The predicted molar refractivity (Wildman–Crippen MR) is 86.7 cm³/mol. The second kappa shape index (κ2) is 6.93. The van der Waals surface area contributed by atoms with Crippen LogP contribution in [0.3, 0.4) is 0 Å². The second-order valence-corrected chi connectivity index (χ2v) is 7.18. The Bertz CT molecular complexity index is 653. The van der Waals surface area contributed by atoms with E-state index < -0.39 is 29.4 Å². The van der Waals surface area contributed by atoms with E-state index >= 15 is 0 Å². The maximum absolute atomic E-state index is 13.1. The normalized spacial score (nSPS) is 18.4. The Kier molecular flexibility index (Phi) is 5.29. The molecule has 1 saturated heterocycles. The van der Waals surface area contributed by atoms with E-state index in [0.717, 1.165) is 6.07 Å². The minimum atomic E-state index is -4.47. The number of nitrogens with one attached hydrogen (secondary N) is 2. The monoisotopic (exact) mass is 357 g/mol. The van der Waals surface area contributed by atoms with Crippen LogP contribution in [-0.2, 0) is 17.5 Å². The summed E-state index contributed by atoms with van der Waals surface area (Å²) in [6.07, 6.45) is -4.39. The molecule has 0 aromatic heterocycles. The molecule has 1 aliphatic heterocycles. The summed E-state index contributed by atoms with van der Waals surface area (Å²) >= 11 is 0. The van der Waals surface area contributed by atoms with Crippen LogP contribution >= 0.6 is 0 Å². The highest BCUT2D eigenvalue weighted by molar-refractivity contribution is 5.81. The summed E-state index contributed by atoms with van der Waals surface area (Å²) in [6, 6.07) is 4.37. The third-order valence-electron chi connectivity index (χ3n) is 3.72. The molecule has 0 spiro atoms. The molecule has 2 rings (SSSR count). The van der Waals surface area contributed by atoms with Crippen molar-refractivity contribution < 1.29 is 22.8 Å². The van der Waals surface area contributed by atoms with Crippen molar-refractivity contribution in [2.24, 2.45) is 0 Å². The van der Waals surface area contributed by atoms with Gasteiger partial charge in [-0.1, -0.05) is 18.2 Å². The number of urea groups is 1. The number of amides is 3. The highest BCUT2D eigenvalue weighted by atomic mass is 19.4. The molecule has 1 aliphatic rings. The quantitative estimate of drug-likeness (QED) is 0.874. The Morgan fingerprint density at radius 2 is 1.88 bits per heavy atom. The standard InChI is InChI=1S/C17H22F3N3O2/c1-16(2,3)22-15(25)21-12-8-14(24)23(10-12)9-11-6-4-5-7-13(11)17(18,19)20/h4-7,12H,8-10H2,1-3H3,(H2,21,22,25)/t12-/m1/s1. The van der Waals surface area contributed by atoms with Gasteiger partial charge in [0.1, 0.15) is 0 Å². The van der Waals surface area contributed by atoms with Crippen molar-refractivity contribution >= 4 is 11.9 Å². The van der Waals surface area contributed by atoms with Gasteiger partial charge in [-0.15, -0.1) is 0 Å². The number of likely N-dealkylation sites (tertiary alicyclic amines) is 1. The van der Waals surface area contributed by atoms with Crippen molar-refractivity contribution in [3.05, 3.63) is 35.4 Å². The van der Waals surface area contributed by atoms with Crippen LogP contribution in [0.2, 0.25) is 0 Å². The average Bonchev–Trinajstić information content (AvgIpc) is 2.75. The number of hydrogen-bond acceptors (Lipinski definition) is 2. The zero-order valence-corrected chi connectivity index (χ0v) is 14.4. The van der Waals surface area contributed by atoms with E-state index in [0.29, 0.717) is 0 Å². The van der Waals surface area contributed by atoms with Crippen LogP contribution < -0.4 is 10.6 Å². The number of carbonyl (C=O) groups excluding carboxylic acids is 2. The molecular weight excluding hydrogens is 335 g/mol. The molecule has 25 heavy (non-hydrogen) atoms. The van der Waals surface area contributed by atoms with Crippen LogP contribution in [0, 0.1) is 0 Å². The summed E-state index contributed by atoms with van der Waals surface area (Å²) in [5, 5.41) is 5.42. The van der Waals surface area contributed by atoms with Gasteiger partial charge in [0, 0.05) is 25.0 Å². The minimum absolute atomic E-state index is 0.0446. The lowest BCUT2D eigenvalue weighted by Gasteiger charge is -2.23. The zero-order chi connectivity index (χ0) is 18.8. The molecule has 0 bridgehead atoms. The van der Waals surface area contributed by atoms with Crippen molar-refractivity contribution in [2.45, 2.75) is 51.5 Å². The van der Waals surface area contributed by atoms with Crippen LogP contribution in [0.15, 0.2) is 24.3 Å². The van der Waals surface area contributed by atoms with Crippen LogP contribution in [-0.4, -0.2) is 35.0 Å². The molecule has 3 amide bonds. The molecule has 138 valence electrons. The van der Waals surface area contributed by atoms with Gasteiger partial charge in [-0.3, -0.25) is 4.79 Å². The van der Waals surface area contributed by atoms with Gasteiger partial charge in [-0.2, -0.15) is 13.2 Å². The van der Waals surface area contributed by atoms with Crippen LogP contribution in [0.25, 0.3) is 0 Å². The first-order chi connectivity index (χ1) is 11.5. The highest BCUT2D eigenvalue weighted by Crippen LogP contribution is 2.32. The first-order valence-electron chi connectivity index (χ1n) is 7.97. The molecule has 1 heterocycles. The predicted octanol–water partition coefficient (Wildman–Crippen LogP) is 2.90. The number of halogens is 3. The van der Waals surface area contributed by atoms with Gasteiger partial charge in [0.25, 0.3) is 0 Å². The van der Waals surface area contributed by atoms with E-state index in [-0.39, 0.29) is 31.0 Å². The van der Waals surface area contributed by atoms with E-state index in [4.69, 9.17) is 0 Å². The van der Waals surface area contributed by atoms with Crippen molar-refractivity contribution in [3.63, 3.8) is 0 Å². The topological polar surface area (TPSA) is 61.4 Å². The van der Waals surface area contributed by atoms with E-state index in [9.17, 15) is 22.8 Å². The van der Waals surface area contributed by atoms with Crippen molar-refractivity contribution in [1.29, 1.82) is 0 Å². The van der Waals surface area contributed by atoms with E-state index in [1.165, 1.54) is 23.1 Å². The fourth-order valence-corrected chi connectivity index (χ4v) is 2.72. The molecule has 1 aromatic carbocycles. The van der Waals surface area contributed by atoms with Gasteiger partial charge < -0.3 is 15.5 Å². The number of benzene rings is 1. The number of alkyl halides is 3. The first-order valence-corrected chi connectivity index (χ1v) is 7.97. The Morgan fingerprint density at radius 1 is 1.24 bits per heavy atom. The van der Waals surface area contributed by atoms with Gasteiger partial charge >= 0.3 is 12.2 Å². The Morgan fingerprint density at radius 3 is 2.48 bits per heavy atom. The molecule has 5 nitrogen and oxygen atoms in total. The molecule has 0 aliphatic carbocycles. The third-order valence-corrected chi connectivity index (χ3v) is 3.72. The summed E-state index contributed by atoms with van der Waals surface area (Å²) in [4.78, 5) is 25.3. The van der Waals surface area contributed by atoms with E-state index in [1.807, 2.05) is 20.8 Å². The summed E-state index contributed by atoms with van der Waals surface area (Å²) in [6.45, 7) is 5.53. The maximum atomic E-state index is 13.1. The Labute approximate surface area is 144 Å². The Balaban J connectivity index is 2.02. The SMILES string of the molecule is CC(C)(C)NC(=O)N[C@@H]1CC(=O)N(Cc2ccccc2C(F)(F)F)C1. The average molecular weight is 357 g/mol. The van der Waals surface area contributed by atoms with Crippen molar-refractivity contribution in [1.82, 2.24) is 15.5 Å². The van der Waals surface area contributed by atoms with Gasteiger partial charge in [0.15, 0.2) is 0 Å². The fraction of sp³-hybridized carbons (Fsp3) is 0.529. The van der Waals surface area contributed by atoms with Gasteiger partial charge in [0.05, 0.1) is 11.6 Å². The minimum Gasteiger partial charge on any atom is -0.336 e. The summed E-state index contributed by atoms with van der Waals surface area (Å²) < 4.78 is 39.2. The molecule has 0 radical (unpaired) electrons. The molecular formula is C17H22F3N3O2. The number of hydrogen-bond donors (Lipinski definition) is 2.